The predicted octanol–water partition coefficient (Wildman–Crippen LogP) is 0.725. The van der Waals surface area contributed by atoms with Crippen LogP contribution in [0.3, 0.4) is 0 Å². The van der Waals surface area contributed by atoms with E-state index in [0.717, 1.165) is 6.07 Å². The Hall–Kier alpha value is -2.43. The number of ether oxygens (including phenoxy) is 2. The van der Waals surface area contributed by atoms with Crippen LogP contribution in [0.4, 0.5) is 0 Å². The summed E-state index contributed by atoms with van der Waals surface area (Å²) in [5.41, 5.74) is -0.0581. The van der Waals surface area contributed by atoms with E-state index in [1.807, 2.05) is 0 Å². The van der Waals surface area contributed by atoms with Crippen LogP contribution in [0.25, 0.3) is 0 Å². The summed E-state index contributed by atoms with van der Waals surface area (Å²) in [6.45, 7) is 5.10. The van der Waals surface area contributed by atoms with Gasteiger partial charge in [0.05, 0.1) is 19.8 Å². The minimum absolute atomic E-state index is 0.0298. The zero-order valence-corrected chi connectivity index (χ0v) is 15.8. The first-order valence-corrected chi connectivity index (χ1v) is 8.93. The number of hydrogen-bond donors (Lipinski definition) is 1. The van der Waals surface area contributed by atoms with Crippen molar-refractivity contribution in [3.63, 3.8) is 0 Å². The van der Waals surface area contributed by atoms with Gasteiger partial charge in [0.25, 0.3) is 15.9 Å². The first-order valence-electron chi connectivity index (χ1n) is 7.49. The molecule has 1 atom stereocenters. The average Bonchev–Trinajstić information content (AvgIpc) is 2.64. The lowest BCUT2D eigenvalue weighted by Crippen LogP contribution is -2.35. The molecule has 0 saturated heterocycles. The van der Waals surface area contributed by atoms with Gasteiger partial charge in [0, 0.05) is 13.6 Å². The number of benzene rings is 1. The van der Waals surface area contributed by atoms with Crippen molar-refractivity contribution < 1.29 is 32.3 Å². The molecule has 0 unspecified atom stereocenters. The maximum absolute atomic E-state index is 12.5. The van der Waals surface area contributed by atoms with E-state index in [9.17, 15) is 18.0 Å². The summed E-state index contributed by atoms with van der Waals surface area (Å²) in [5.74, 6) is -1.33. The molecule has 0 aliphatic heterocycles. The van der Waals surface area contributed by atoms with E-state index in [4.69, 9.17) is 14.3 Å². The van der Waals surface area contributed by atoms with Crippen LogP contribution in [0.1, 0.15) is 17.3 Å². The highest BCUT2D eigenvalue weighted by Gasteiger charge is 2.27. The lowest BCUT2D eigenvalue weighted by Gasteiger charge is -2.17. The van der Waals surface area contributed by atoms with Crippen molar-refractivity contribution >= 4 is 21.9 Å². The van der Waals surface area contributed by atoms with Gasteiger partial charge in [-0.25, -0.2) is 13.2 Å². The van der Waals surface area contributed by atoms with E-state index in [2.05, 4.69) is 11.9 Å². The molecule has 1 N–H and O–H groups in total. The Balaban J connectivity index is 3.11. The van der Waals surface area contributed by atoms with Crippen LogP contribution in [0, 0.1) is 0 Å². The molecule has 0 bridgehead atoms. The van der Waals surface area contributed by atoms with E-state index < -0.39 is 28.0 Å². The Morgan fingerprint density at radius 1 is 1.35 bits per heavy atom. The van der Waals surface area contributed by atoms with Crippen LogP contribution in [-0.2, 0) is 24.4 Å². The molecule has 144 valence electrons. The van der Waals surface area contributed by atoms with Crippen molar-refractivity contribution in [2.45, 2.75) is 17.9 Å². The van der Waals surface area contributed by atoms with E-state index >= 15 is 0 Å². The Morgan fingerprint density at radius 3 is 2.54 bits per heavy atom. The largest absolute Gasteiger partial charge is 0.495 e. The zero-order chi connectivity index (χ0) is 19.9. The summed E-state index contributed by atoms with van der Waals surface area (Å²) < 4.78 is 35.6. The molecule has 0 aliphatic rings. The molecule has 0 aliphatic carbocycles. The number of nitrogens with zero attached hydrogens (tertiary/aromatic N) is 1. The van der Waals surface area contributed by atoms with Gasteiger partial charge in [-0.1, -0.05) is 10.5 Å². The van der Waals surface area contributed by atoms with Crippen LogP contribution in [0.2, 0.25) is 0 Å². The van der Waals surface area contributed by atoms with Crippen molar-refractivity contribution in [3.8, 4) is 5.75 Å². The molecule has 1 amide bonds. The second-order valence-electron chi connectivity index (χ2n) is 5.04. The third kappa shape index (κ3) is 5.04. The summed E-state index contributed by atoms with van der Waals surface area (Å²) in [6.07, 6.45) is 0.422. The third-order valence-corrected chi connectivity index (χ3v) is 5.05. The Bertz CT molecular complexity index is 777. The fourth-order valence-electron chi connectivity index (χ4n) is 1.84. The Kier molecular flexibility index (Phi) is 7.75. The molecular formula is C16H22N2O7S. The van der Waals surface area contributed by atoms with Gasteiger partial charge in [0.1, 0.15) is 10.6 Å². The SMILES string of the molecule is C=CCNC(=O)[C@H](C)OC(=O)c1ccc(OC)c(S(=O)(=O)N(C)OC)c1. The number of sulfonamides is 1. The van der Waals surface area contributed by atoms with Crippen molar-refractivity contribution in [2.75, 3.05) is 27.8 Å². The van der Waals surface area contributed by atoms with Crippen LogP contribution in [-0.4, -0.2) is 58.7 Å². The topological polar surface area (TPSA) is 111 Å². The van der Waals surface area contributed by atoms with Crippen molar-refractivity contribution in [3.05, 3.63) is 36.4 Å². The van der Waals surface area contributed by atoms with Gasteiger partial charge < -0.3 is 14.8 Å². The molecule has 0 aromatic heterocycles. The third-order valence-electron chi connectivity index (χ3n) is 3.35. The minimum atomic E-state index is -4.06. The highest BCUT2D eigenvalue weighted by molar-refractivity contribution is 7.89. The predicted molar refractivity (Wildman–Crippen MR) is 93.0 cm³/mol. The lowest BCUT2D eigenvalue weighted by molar-refractivity contribution is -0.128. The van der Waals surface area contributed by atoms with Gasteiger partial charge >= 0.3 is 5.97 Å². The molecule has 1 aromatic carbocycles. The van der Waals surface area contributed by atoms with Crippen molar-refractivity contribution in [1.29, 1.82) is 0 Å². The van der Waals surface area contributed by atoms with Crippen LogP contribution in [0.15, 0.2) is 35.7 Å². The first-order chi connectivity index (χ1) is 12.2. The molecule has 9 nitrogen and oxygen atoms in total. The number of amides is 1. The molecular weight excluding hydrogens is 364 g/mol. The van der Waals surface area contributed by atoms with E-state index in [-0.39, 0.29) is 22.8 Å². The smallest absolute Gasteiger partial charge is 0.338 e. The Labute approximate surface area is 152 Å². The number of carbonyl (C=O) groups excluding carboxylic acids is 2. The number of carbonyl (C=O) groups is 2. The van der Waals surface area contributed by atoms with Gasteiger partial charge in [-0.05, 0) is 25.1 Å². The van der Waals surface area contributed by atoms with Gasteiger partial charge in [0.2, 0.25) is 0 Å². The molecule has 0 heterocycles. The van der Waals surface area contributed by atoms with Crippen molar-refractivity contribution in [1.82, 2.24) is 9.79 Å². The molecule has 0 spiro atoms. The molecule has 1 rings (SSSR count). The highest BCUT2D eigenvalue weighted by atomic mass is 32.2. The fourth-order valence-corrected chi connectivity index (χ4v) is 3.00. The summed E-state index contributed by atoms with van der Waals surface area (Å²) >= 11 is 0. The second kappa shape index (κ2) is 9.32. The highest BCUT2D eigenvalue weighted by Crippen LogP contribution is 2.27. The number of esters is 1. The Morgan fingerprint density at radius 2 is 2.00 bits per heavy atom. The summed E-state index contributed by atoms with van der Waals surface area (Å²) in [7, 11) is -0.373. The van der Waals surface area contributed by atoms with E-state index in [0.29, 0.717) is 4.47 Å². The van der Waals surface area contributed by atoms with Crippen molar-refractivity contribution in [2.24, 2.45) is 0 Å². The van der Waals surface area contributed by atoms with E-state index in [1.54, 1.807) is 0 Å². The van der Waals surface area contributed by atoms with Crippen LogP contribution >= 0.6 is 0 Å². The number of hydrogen-bond acceptors (Lipinski definition) is 7. The monoisotopic (exact) mass is 386 g/mol. The molecule has 1 aromatic rings. The van der Waals surface area contributed by atoms with Gasteiger partial charge in [-0.15, -0.1) is 6.58 Å². The maximum Gasteiger partial charge on any atom is 0.338 e. The normalized spacial score (nSPS) is 12.3. The molecule has 0 saturated carbocycles. The van der Waals surface area contributed by atoms with Gasteiger partial charge in [0.15, 0.2) is 6.10 Å². The van der Waals surface area contributed by atoms with Gasteiger partial charge in [-0.3, -0.25) is 9.63 Å². The van der Waals surface area contributed by atoms with Crippen LogP contribution in [0.5, 0.6) is 5.75 Å². The first kappa shape index (κ1) is 21.6. The second-order valence-corrected chi connectivity index (χ2v) is 6.95. The maximum atomic E-state index is 12.5. The number of nitrogens with one attached hydrogen (secondary N) is 1. The summed E-state index contributed by atoms with van der Waals surface area (Å²) in [5, 5.41) is 2.49. The average molecular weight is 386 g/mol. The number of hydroxylamine groups is 1. The summed E-state index contributed by atoms with van der Waals surface area (Å²) in [6, 6.07) is 3.75. The number of rotatable bonds is 9. The molecule has 10 heteroatoms. The summed E-state index contributed by atoms with van der Waals surface area (Å²) in [4.78, 5) is 28.4. The fraction of sp³-hybridized carbons (Fsp3) is 0.375. The van der Waals surface area contributed by atoms with Gasteiger partial charge in [-0.2, -0.15) is 0 Å². The number of methoxy groups -OCH3 is 1. The standard InChI is InChI=1S/C16H22N2O7S/c1-6-9-17-15(19)11(2)25-16(20)12-7-8-13(23-4)14(10-12)26(21,22)18(3)24-5/h6-8,10-11H,1,9H2,2-5H3,(H,17,19)/t11-/m0/s1. The lowest BCUT2D eigenvalue weighted by atomic mass is 10.2. The van der Waals surface area contributed by atoms with Crippen LogP contribution < -0.4 is 10.1 Å². The molecule has 26 heavy (non-hydrogen) atoms. The van der Waals surface area contributed by atoms with E-state index in [1.165, 1.54) is 46.4 Å². The quantitative estimate of drug-likeness (QED) is 0.378. The molecule has 0 radical (unpaired) electrons. The minimum Gasteiger partial charge on any atom is -0.495 e. The molecule has 0 fully saturated rings. The zero-order valence-electron chi connectivity index (χ0n) is 15.0.